The lowest BCUT2D eigenvalue weighted by Gasteiger charge is -2.08. The maximum Gasteiger partial charge on any atom is 0.416 e. The molecule has 0 spiro atoms. The maximum atomic E-state index is 12.4. The van der Waals surface area contributed by atoms with Crippen LogP contribution in [-0.4, -0.2) is 16.7 Å². The number of nitrogens with zero attached hydrogens (tertiary/aromatic N) is 1. The first kappa shape index (κ1) is 14.4. The molecule has 0 aliphatic carbocycles. The van der Waals surface area contributed by atoms with E-state index in [1.165, 1.54) is 5.87 Å². The van der Waals surface area contributed by atoms with Crippen molar-refractivity contribution in [2.24, 2.45) is 0 Å². The van der Waals surface area contributed by atoms with Crippen LogP contribution in [0.2, 0.25) is 0 Å². The molecule has 0 fully saturated rings. The predicted octanol–water partition coefficient (Wildman–Crippen LogP) is 2.05. The number of carbonyl (C=O) groups is 1. The van der Waals surface area contributed by atoms with Gasteiger partial charge in [-0.1, -0.05) is 6.07 Å². The maximum absolute atomic E-state index is 12.4. The fraction of sp³-hybridized carbons (Fsp3) is 0.100. The van der Waals surface area contributed by atoms with Gasteiger partial charge in [-0.2, -0.15) is 13.2 Å². The highest BCUT2D eigenvalue weighted by molar-refractivity contribution is 6.06. The molecule has 2 N–H and O–H groups in total. The number of nitro groups is 1. The Hall–Kier alpha value is -2.67. The van der Waals surface area contributed by atoms with Gasteiger partial charge in [-0.3, -0.25) is 20.3 Å². The third-order valence-corrected chi connectivity index (χ3v) is 1.96. The molecular weight excluding hydrogens is 267 g/mol. The largest absolute Gasteiger partial charge is 0.416 e. The Morgan fingerprint density at radius 1 is 1.42 bits per heavy atom. The fourth-order valence-corrected chi connectivity index (χ4v) is 1.15. The van der Waals surface area contributed by atoms with E-state index in [0.717, 1.165) is 18.2 Å². The van der Waals surface area contributed by atoms with Crippen molar-refractivity contribution in [1.29, 1.82) is 5.41 Å². The van der Waals surface area contributed by atoms with Gasteiger partial charge >= 0.3 is 17.8 Å². The number of nitrogens with one attached hydrogen (secondary N) is 2. The quantitative estimate of drug-likeness (QED) is 0.382. The molecule has 0 heterocycles. The van der Waals surface area contributed by atoms with Gasteiger partial charge in [0.05, 0.1) is 16.4 Å². The van der Waals surface area contributed by atoms with E-state index in [4.69, 9.17) is 5.41 Å². The lowest BCUT2D eigenvalue weighted by molar-refractivity contribution is -0.415. The SMILES string of the molecule is N=C=C(C(=O)Nc1cccc(C(F)(F)F)c1)[N+](=O)[O-]. The zero-order chi connectivity index (χ0) is 14.6. The predicted molar refractivity (Wildman–Crippen MR) is 58.3 cm³/mol. The van der Waals surface area contributed by atoms with Gasteiger partial charge in [0, 0.05) is 5.69 Å². The van der Waals surface area contributed by atoms with Crippen molar-refractivity contribution in [2.75, 3.05) is 5.32 Å². The second-order valence-electron chi connectivity index (χ2n) is 3.26. The molecule has 0 saturated heterocycles. The number of anilines is 1. The molecule has 1 aromatic carbocycles. The smallest absolute Gasteiger partial charge is 0.316 e. The minimum atomic E-state index is -4.59. The van der Waals surface area contributed by atoms with E-state index in [1.807, 2.05) is 5.32 Å². The van der Waals surface area contributed by atoms with Crippen molar-refractivity contribution in [3.05, 3.63) is 45.6 Å². The average molecular weight is 273 g/mol. The van der Waals surface area contributed by atoms with Gasteiger partial charge < -0.3 is 5.32 Å². The van der Waals surface area contributed by atoms with Gasteiger partial charge in [-0.05, 0) is 18.2 Å². The molecule has 1 rings (SSSR count). The van der Waals surface area contributed by atoms with Crippen LogP contribution in [0.25, 0.3) is 0 Å². The third kappa shape index (κ3) is 3.65. The summed E-state index contributed by atoms with van der Waals surface area (Å²) in [5, 5.41) is 18.8. The summed E-state index contributed by atoms with van der Waals surface area (Å²) in [5.74, 6) is -0.0204. The van der Waals surface area contributed by atoms with Crippen LogP contribution in [0.15, 0.2) is 30.0 Å². The summed E-state index contributed by atoms with van der Waals surface area (Å²) in [4.78, 5) is 20.5. The Morgan fingerprint density at radius 3 is 2.53 bits per heavy atom. The average Bonchev–Trinajstić information content (AvgIpc) is 2.28. The molecule has 0 unspecified atom stereocenters. The molecule has 9 heteroatoms. The highest BCUT2D eigenvalue weighted by Gasteiger charge is 2.31. The zero-order valence-electron chi connectivity index (χ0n) is 9.12. The van der Waals surface area contributed by atoms with Crippen molar-refractivity contribution >= 4 is 17.5 Å². The Balaban J connectivity index is 2.99. The Morgan fingerprint density at radius 2 is 2.05 bits per heavy atom. The number of rotatable bonds is 3. The normalized spacial score (nSPS) is 10.5. The van der Waals surface area contributed by atoms with Crippen LogP contribution in [0.3, 0.4) is 0 Å². The number of benzene rings is 1. The van der Waals surface area contributed by atoms with Crippen molar-refractivity contribution in [1.82, 2.24) is 0 Å². The lowest BCUT2D eigenvalue weighted by atomic mass is 10.2. The molecule has 0 bridgehead atoms. The molecule has 6 nitrogen and oxygen atoms in total. The molecule has 0 aromatic heterocycles. The Bertz CT molecular complexity index is 577. The number of hydrogen-bond donors (Lipinski definition) is 2. The molecule has 0 saturated carbocycles. The molecule has 0 radical (unpaired) electrons. The van der Waals surface area contributed by atoms with Gasteiger partial charge in [-0.25, -0.2) is 0 Å². The summed E-state index contributed by atoms with van der Waals surface area (Å²) in [6.45, 7) is 0. The van der Waals surface area contributed by atoms with Gasteiger partial charge in [0.1, 0.15) is 0 Å². The van der Waals surface area contributed by atoms with Crippen molar-refractivity contribution in [2.45, 2.75) is 6.18 Å². The van der Waals surface area contributed by atoms with Crippen LogP contribution in [-0.2, 0) is 11.0 Å². The van der Waals surface area contributed by atoms with Crippen LogP contribution in [0.5, 0.6) is 0 Å². The lowest BCUT2D eigenvalue weighted by Crippen LogP contribution is -2.20. The van der Waals surface area contributed by atoms with Gasteiger partial charge in [-0.15, -0.1) is 0 Å². The van der Waals surface area contributed by atoms with E-state index < -0.39 is 28.3 Å². The third-order valence-electron chi connectivity index (χ3n) is 1.96. The minimum Gasteiger partial charge on any atom is -0.316 e. The van der Waals surface area contributed by atoms with Crippen LogP contribution < -0.4 is 5.32 Å². The summed E-state index contributed by atoms with van der Waals surface area (Å²) in [6.07, 6.45) is -4.59. The van der Waals surface area contributed by atoms with Crippen molar-refractivity contribution in [3.8, 4) is 0 Å². The number of carbonyl (C=O) groups excluding carboxylic acids is 1. The molecule has 0 atom stereocenters. The summed E-state index contributed by atoms with van der Waals surface area (Å²) in [6, 6.07) is 3.59. The first-order valence-corrected chi connectivity index (χ1v) is 4.68. The van der Waals surface area contributed by atoms with Crippen molar-refractivity contribution in [3.63, 3.8) is 0 Å². The first-order valence-electron chi connectivity index (χ1n) is 4.68. The van der Waals surface area contributed by atoms with Crippen LogP contribution in [0.1, 0.15) is 5.56 Å². The first-order chi connectivity index (χ1) is 8.75. The minimum absolute atomic E-state index is 0.269. The standard InChI is InChI=1S/C10H6F3N3O3/c11-10(12,13)6-2-1-3-7(4-6)15-9(17)8(5-14)16(18)19/h1-4,14H,(H,15,17). The Kier molecular flexibility index (Phi) is 4.03. The van der Waals surface area contributed by atoms with Crippen LogP contribution in [0.4, 0.5) is 18.9 Å². The van der Waals surface area contributed by atoms with Gasteiger partial charge in [0.15, 0.2) is 0 Å². The summed E-state index contributed by atoms with van der Waals surface area (Å²) in [5.41, 5.74) is -2.47. The molecule has 19 heavy (non-hydrogen) atoms. The van der Waals surface area contributed by atoms with E-state index >= 15 is 0 Å². The van der Waals surface area contributed by atoms with E-state index in [1.54, 1.807) is 0 Å². The van der Waals surface area contributed by atoms with Gasteiger partial charge in [0.2, 0.25) is 0 Å². The fourth-order valence-electron chi connectivity index (χ4n) is 1.15. The summed E-state index contributed by atoms with van der Waals surface area (Å²) >= 11 is 0. The zero-order valence-corrected chi connectivity index (χ0v) is 9.12. The second kappa shape index (κ2) is 5.32. The second-order valence-corrected chi connectivity index (χ2v) is 3.26. The van der Waals surface area contributed by atoms with Crippen LogP contribution >= 0.6 is 0 Å². The molecule has 1 amide bonds. The van der Waals surface area contributed by atoms with Crippen LogP contribution in [0, 0.1) is 15.5 Å². The number of amides is 1. The number of halogens is 3. The monoisotopic (exact) mass is 273 g/mol. The van der Waals surface area contributed by atoms with E-state index in [0.29, 0.717) is 6.07 Å². The topological polar surface area (TPSA) is 96.1 Å². The van der Waals surface area contributed by atoms with E-state index in [9.17, 15) is 28.1 Å². The van der Waals surface area contributed by atoms with Gasteiger partial charge in [0.25, 0.3) is 0 Å². The molecule has 0 aliphatic heterocycles. The molecular formula is C10H6F3N3O3. The molecule has 0 aliphatic rings. The highest BCUT2D eigenvalue weighted by Crippen LogP contribution is 2.30. The molecule has 100 valence electrons. The summed E-state index contributed by atoms with van der Waals surface area (Å²) < 4.78 is 37.2. The number of alkyl halides is 3. The van der Waals surface area contributed by atoms with E-state index in [-0.39, 0.29) is 5.69 Å². The number of hydrogen-bond acceptors (Lipinski definition) is 4. The summed E-state index contributed by atoms with van der Waals surface area (Å²) in [7, 11) is 0. The van der Waals surface area contributed by atoms with E-state index in [2.05, 4.69) is 0 Å². The Labute approximate surface area is 104 Å². The highest BCUT2D eigenvalue weighted by atomic mass is 19.4. The molecule has 1 aromatic rings. The van der Waals surface area contributed by atoms with Crippen molar-refractivity contribution < 1.29 is 22.9 Å².